The van der Waals surface area contributed by atoms with E-state index in [1.807, 2.05) is 6.92 Å². The summed E-state index contributed by atoms with van der Waals surface area (Å²) < 4.78 is 5.14. The van der Waals surface area contributed by atoms with Gasteiger partial charge in [-0.25, -0.2) is 0 Å². The Hall–Kier alpha value is -0.600. The zero-order chi connectivity index (χ0) is 9.14. The van der Waals surface area contributed by atoms with E-state index >= 15 is 0 Å². The Labute approximate surface area is 80.7 Å². The van der Waals surface area contributed by atoms with Crippen LogP contribution in [0.3, 0.4) is 0 Å². The van der Waals surface area contributed by atoms with E-state index in [0.717, 1.165) is 0 Å². The van der Waals surface area contributed by atoms with Crippen LogP contribution in [0.2, 0.25) is 10.0 Å². The van der Waals surface area contributed by atoms with E-state index in [4.69, 9.17) is 27.9 Å². The number of aromatic hydroxyl groups is 1. The maximum absolute atomic E-state index is 9.18. The van der Waals surface area contributed by atoms with E-state index in [1.54, 1.807) is 0 Å². The smallest absolute Gasteiger partial charge is 0.153 e. The van der Waals surface area contributed by atoms with Gasteiger partial charge in [0.15, 0.2) is 5.75 Å². The van der Waals surface area contributed by atoms with Crippen molar-refractivity contribution >= 4 is 23.2 Å². The van der Waals surface area contributed by atoms with Gasteiger partial charge in [-0.1, -0.05) is 23.2 Å². The van der Waals surface area contributed by atoms with E-state index in [1.165, 1.54) is 12.1 Å². The second kappa shape index (κ2) is 3.87. The minimum absolute atomic E-state index is 0.109. The average molecular weight is 207 g/mol. The molecule has 0 amide bonds. The monoisotopic (exact) mass is 206 g/mol. The molecule has 66 valence electrons. The molecule has 1 aromatic rings. The molecule has 0 saturated heterocycles. The minimum atomic E-state index is -0.109. The SMILES string of the molecule is CCOc1cc(Cl)c(O)c(Cl)c1. The molecule has 4 heteroatoms. The van der Waals surface area contributed by atoms with Crippen LogP contribution in [0.5, 0.6) is 11.5 Å². The third kappa shape index (κ3) is 1.96. The normalized spacial score (nSPS) is 9.92. The van der Waals surface area contributed by atoms with Crippen molar-refractivity contribution in [1.29, 1.82) is 0 Å². The van der Waals surface area contributed by atoms with Crippen LogP contribution in [-0.2, 0) is 0 Å². The van der Waals surface area contributed by atoms with Gasteiger partial charge >= 0.3 is 0 Å². The van der Waals surface area contributed by atoms with Gasteiger partial charge in [-0.15, -0.1) is 0 Å². The lowest BCUT2D eigenvalue weighted by Gasteiger charge is -2.05. The van der Waals surface area contributed by atoms with Crippen molar-refractivity contribution < 1.29 is 9.84 Å². The largest absolute Gasteiger partial charge is 0.505 e. The van der Waals surface area contributed by atoms with Crippen LogP contribution in [0, 0.1) is 0 Å². The van der Waals surface area contributed by atoms with Gasteiger partial charge in [0, 0.05) is 12.1 Å². The summed E-state index contributed by atoms with van der Waals surface area (Å²) in [5, 5.41) is 9.58. The molecule has 0 aromatic heterocycles. The predicted octanol–water partition coefficient (Wildman–Crippen LogP) is 3.10. The maximum Gasteiger partial charge on any atom is 0.153 e. The molecular weight excluding hydrogens is 199 g/mol. The predicted molar refractivity (Wildman–Crippen MR) is 49.3 cm³/mol. The van der Waals surface area contributed by atoms with Gasteiger partial charge in [0.2, 0.25) is 0 Å². The summed E-state index contributed by atoms with van der Waals surface area (Å²) in [4.78, 5) is 0. The van der Waals surface area contributed by atoms with Crippen LogP contribution in [-0.4, -0.2) is 11.7 Å². The molecule has 0 atom stereocenters. The van der Waals surface area contributed by atoms with Gasteiger partial charge < -0.3 is 9.84 Å². The van der Waals surface area contributed by atoms with Crippen molar-refractivity contribution in [2.24, 2.45) is 0 Å². The van der Waals surface area contributed by atoms with Crippen LogP contribution in [0.1, 0.15) is 6.92 Å². The van der Waals surface area contributed by atoms with Crippen molar-refractivity contribution in [2.75, 3.05) is 6.61 Å². The third-order valence-corrected chi connectivity index (χ3v) is 1.88. The van der Waals surface area contributed by atoms with Crippen molar-refractivity contribution in [3.63, 3.8) is 0 Å². The molecular formula is C8H8Cl2O2. The number of benzene rings is 1. The van der Waals surface area contributed by atoms with Gasteiger partial charge in [0.05, 0.1) is 16.7 Å². The molecule has 2 nitrogen and oxygen atoms in total. The van der Waals surface area contributed by atoms with E-state index < -0.39 is 0 Å². The van der Waals surface area contributed by atoms with Crippen LogP contribution in [0.15, 0.2) is 12.1 Å². The molecule has 12 heavy (non-hydrogen) atoms. The number of rotatable bonds is 2. The fourth-order valence-electron chi connectivity index (χ4n) is 0.792. The Morgan fingerprint density at radius 3 is 2.25 bits per heavy atom. The molecule has 0 fully saturated rings. The second-order valence-electron chi connectivity index (χ2n) is 2.17. The quantitative estimate of drug-likeness (QED) is 0.807. The summed E-state index contributed by atoms with van der Waals surface area (Å²) in [6.45, 7) is 2.39. The summed E-state index contributed by atoms with van der Waals surface area (Å²) in [6.07, 6.45) is 0. The molecule has 1 rings (SSSR count). The summed E-state index contributed by atoms with van der Waals surface area (Å²) in [5.41, 5.74) is 0. The molecule has 1 N–H and O–H groups in total. The fraction of sp³-hybridized carbons (Fsp3) is 0.250. The van der Waals surface area contributed by atoms with Crippen LogP contribution in [0.25, 0.3) is 0 Å². The van der Waals surface area contributed by atoms with Gasteiger partial charge in [-0.05, 0) is 6.92 Å². The molecule has 0 radical (unpaired) electrons. The van der Waals surface area contributed by atoms with Crippen LogP contribution >= 0.6 is 23.2 Å². The molecule has 0 spiro atoms. The van der Waals surface area contributed by atoms with Crippen molar-refractivity contribution in [3.05, 3.63) is 22.2 Å². The van der Waals surface area contributed by atoms with E-state index in [-0.39, 0.29) is 15.8 Å². The molecule has 0 aliphatic rings. The topological polar surface area (TPSA) is 29.5 Å². The fourth-order valence-corrected chi connectivity index (χ4v) is 1.26. The highest BCUT2D eigenvalue weighted by Gasteiger charge is 2.06. The first-order valence-corrected chi connectivity index (χ1v) is 4.21. The first kappa shape index (κ1) is 9.49. The highest BCUT2D eigenvalue weighted by atomic mass is 35.5. The van der Waals surface area contributed by atoms with Gasteiger partial charge in [0.25, 0.3) is 0 Å². The summed E-state index contributed by atoms with van der Waals surface area (Å²) in [7, 11) is 0. The van der Waals surface area contributed by atoms with Gasteiger partial charge in [-0.2, -0.15) is 0 Å². The zero-order valence-electron chi connectivity index (χ0n) is 6.47. The van der Waals surface area contributed by atoms with Crippen molar-refractivity contribution in [3.8, 4) is 11.5 Å². The first-order chi connectivity index (χ1) is 5.65. The van der Waals surface area contributed by atoms with Crippen molar-refractivity contribution in [1.82, 2.24) is 0 Å². The highest BCUT2D eigenvalue weighted by Crippen LogP contribution is 2.35. The Morgan fingerprint density at radius 1 is 1.33 bits per heavy atom. The number of halogens is 2. The summed E-state index contributed by atoms with van der Waals surface area (Å²) in [6, 6.07) is 3.04. The third-order valence-electron chi connectivity index (χ3n) is 1.30. The van der Waals surface area contributed by atoms with E-state index in [9.17, 15) is 5.11 Å². The Morgan fingerprint density at radius 2 is 1.83 bits per heavy atom. The van der Waals surface area contributed by atoms with Gasteiger partial charge in [-0.3, -0.25) is 0 Å². The van der Waals surface area contributed by atoms with Crippen LogP contribution < -0.4 is 4.74 Å². The Bertz CT molecular complexity index is 263. The van der Waals surface area contributed by atoms with E-state index in [2.05, 4.69) is 0 Å². The lowest BCUT2D eigenvalue weighted by atomic mass is 10.3. The number of hydrogen-bond donors (Lipinski definition) is 1. The molecule has 0 aliphatic carbocycles. The minimum Gasteiger partial charge on any atom is -0.505 e. The number of phenols is 1. The molecule has 0 unspecified atom stereocenters. The maximum atomic E-state index is 9.18. The van der Waals surface area contributed by atoms with Crippen LogP contribution in [0.4, 0.5) is 0 Å². The number of ether oxygens (including phenoxy) is 1. The molecule has 1 aromatic carbocycles. The standard InChI is InChI=1S/C8H8Cl2O2/c1-2-12-5-3-6(9)8(11)7(10)4-5/h3-4,11H,2H2,1H3. The van der Waals surface area contributed by atoms with Gasteiger partial charge in [0.1, 0.15) is 5.75 Å². The van der Waals surface area contributed by atoms with E-state index in [0.29, 0.717) is 12.4 Å². The average Bonchev–Trinajstić information content (AvgIpc) is 2.01. The summed E-state index contributed by atoms with van der Waals surface area (Å²) in [5.74, 6) is 0.451. The Kier molecular flexibility index (Phi) is 3.06. The molecule has 0 aliphatic heterocycles. The summed E-state index contributed by atoms with van der Waals surface area (Å²) >= 11 is 11.3. The molecule has 0 bridgehead atoms. The molecule has 0 saturated carbocycles. The van der Waals surface area contributed by atoms with Crippen molar-refractivity contribution in [2.45, 2.75) is 6.92 Å². The lowest BCUT2D eigenvalue weighted by molar-refractivity contribution is 0.339. The number of hydrogen-bond acceptors (Lipinski definition) is 2. The number of phenolic OH excluding ortho intramolecular Hbond substituents is 1. The first-order valence-electron chi connectivity index (χ1n) is 3.46. The molecule has 0 heterocycles. The second-order valence-corrected chi connectivity index (χ2v) is 2.98. The Balaban J connectivity index is 3.04. The highest BCUT2D eigenvalue weighted by molar-refractivity contribution is 6.37. The zero-order valence-corrected chi connectivity index (χ0v) is 7.99. The lowest BCUT2D eigenvalue weighted by Crippen LogP contribution is -1.90.